The lowest BCUT2D eigenvalue weighted by molar-refractivity contribution is -0.155. The number of methoxy groups -OCH3 is 1. The van der Waals surface area contributed by atoms with Crippen LogP contribution in [-0.2, 0) is 20.8 Å². The lowest BCUT2D eigenvalue weighted by Crippen LogP contribution is -2.57. The van der Waals surface area contributed by atoms with Gasteiger partial charge in [0, 0.05) is 51.2 Å². The van der Waals surface area contributed by atoms with Crippen molar-refractivity contribution in [2.45, 2.75) is 32.0 Å². The quantitative estimate of drug-likeness (QED) is 0.770. The van der Waals surface area contributed by atoms with Crippen LogP contribution in [0.25, 0.3) is 0 Å². The molecule has 0 bridgehead atoms. The van der Waals surface area contributed by atoms with Gasteiger partial charge in [-0.2, -0.15) is 0 Å². The van der Waals surface area contributed by atoms with Crippen LogP contribution in [0.3, 0.4) is 0 Å². The molecule has 128 valence electrons. The van der Waals surface area contributed by atoms with Crippen LogP contribution in [0.5, 0.6) is 0 Å². The molecule has 2 aliphatic heterocycles. The highest BCUT2D eigenvalue weighted by atomic mass is 16.5. The predicted octanol–water partition coefficient (Wildman–Crippen LogP) is 2.12. The summed E-state index contributed by atoms with van der Waals surface area (Å²) in [6.07, 6.45) is 7.42. The molecule has 0 spiro atoms. The van der Waals surface area contributed by atoms with Gasteiger partial charge >= 0.3 is 0 Å². The van der Waals surface area contributed by atoms with Crippen molar-refractivity contribution in [3.63, 3.8) is 0 Å². The van der Waals surface area contributed by atoms with Gasteiger partial charge in [-0.15, -0.1) is 0 Å². The number of hydrogen-bond donors (Lipinski definition) is 0. The first-order chi connectivity index (χ1) is 11.3. The zero-order valence-electron chi connectivity index (χ0n) is 14.1. The third-order valence-electron chi connectivity index (χ3n) is 5.06. The Bertz CT molecular complexity index is 471. The number of piperidine rings is 1. The SMILES string of the molecule is COCCN1CC[C@@H]2OCCC[C@@]2(COCc2cccnc2)C1. The average molecular weight is 320 g/mol. The van der Waals surface area contributed by atoms with E-state index in [2.05, 4.69) is 16.0 Å². The molecule has 5 nitrogen and oxygen atoms in total. The van der Waals surface area contributed by atoms with Gasteiger partial charge in [-0.05, 0) is 30.9 Å². The molecule has 2 fully saturated rings. The van der Waals surface area contributed by atoms with Gasteiger partial charge in [0.1, 0.15) is 0 Å². The van der Waals surface area contributed by atoms with E-state index < -0.39 is 0 Å². The standard InChI is InChI=1S/C18H28N2O3/c1-21-11-9-20-8-5-17-18(14-20,6-3-10-23-17)15-22-13-16-4-2-7-19-12-16/h2,4,7,12,17H,3,5-6,8-11,13-15H2,1H3/t17-,18-/m0/s1. The highest BCUT2D eigenvalue weighted by Gasteiger charge is 2.45. The monoisotopic (exact) mass is 320 g/mol. The summed E-state index contributed by atoms with van der Waals surface area (Å²) in [5.74, 6) is 0. The van der Waals surface area contributed by atoms with Crippen LogP contribution in [0, 0.1) is 5.41 Å². The van der Waals surface area contributed by atoms with Gasteiger partial charge in [0.25, 0.3) is 0 Å². The summed E-state index contributed by atoms with van der Waals surface area (Å²) < 4.78 is 17.4. The van der Waals surface area contributed by atoms with E-state index >= 15 is 0 Å². The van der Waals surface area contributed by atoms with Crippen molar-refractivity contribution in [3.05, 3.63) is 30.1 Å². The van der Waals surface area contributed by atoms with Crippen LogP contribution >= 0.6 is 0 Å². The Balaban J connectivity index is 1.59. The zero-order chi connectivity index (χ0) is 16.0. The highest BCUT2D eigenvalue weighted by molar-refractivity contribution is 5.07. The summed E-state index contributed by atoms with van der Waals surface area (Å²) in [5, 5.41) is 0. The number of hydrogen-bond acceptors (Lipinski definition) is 5. The zero-order valence-corrected chi connectivity index (χ0v) is 14.1. The summed E-state index contributed by atoms with van der Waals surface area (Å²) in [7, 11) is 1.77. The number of ether oxygens (including phenoxy) is 3. The van der Waals surface area contributed by atoms with Gasteiger partial charge in [0.2, 0.25) is 0 Å². The maximum absolute atomic E-state index is 6.09. The molecule has 3 heterocycles. The van der Waals surface area contributed by atoms with Gasteiger partial charge in [0.05, 0.1) is 25.9 Å². The molecule has 0 aliphatic carbocycles. The summed E-state index contributed by atoms with van der Waals surface area (Å²) in [5.41, 5.74) is 1.26. The third kappa shape index (κ3) is 4.29. The van der Waals surface area contributed by atoms with Crippen molar-refractivity contribution >= 4 is 0 Å². The van der Waals surface area contributed by atoms with E-state index in [1.165, 1.54) is 6.42 Å². The topological polar surface area (TPSA) is 43.8 Å². The number of likely N-dealkylation sites (tertiary alicyclic amines) is 1. The van der Waals surface area contributed by atoms with E-state index in [0.29, 0.717) is 12.7 Å². The highest BCUT2D eigenvalue weighted by Crippen LogP contribution is 2.40. The fraction of sp³-hybridized carbons (Fsp3) is 0.722. The predicted molar refractivity (Wildman–Crippen MR) is 88.2 cm³/mol. The van der Waals surface area contributed by atoms with Crippen LogP contribution in [0.1, 0.15) is 24.8 Å². The van der Waals surface area contributed by atoms with Crippen molar-refractivity contribution in [1.82, 2.24) is 9.88 Å². The molecule has 0 aromatic carbocycles. The largest absolute Gasteiger partial charge is 0.383 e. The Labute approximate surface area is 138 Å². The fourth-order valence-corrected chi connectivity index (χ4v) is 3.86. The second-order valence-corrected chi connectivity index (χ2v) is 6.74. The molecule has 3 rings (SSSR count). The number of nitrogens with zero attached hydrogens (tertiary/aromatic N) is 2. The maximum atomic E-state index is 6.09. The molecule has 1 aromatic rings. The van der Waals surface area contributed by atoms with Crippen LogP contribution in [-0.4, -0.2) is 62.6 Å². The van der Waals surface area contributed by atoms with Crippen LogP contribution in [0.2, 0.25) is 0 Å². The number of rotatable bonds is 7. The molecule has 0 N–H and O–H groups in total. The normalized spacial score (nSPS) is 28.5. The van der Waals surface area contributed by atoms with E-state index in [1.54, 1.807) is 13.3 Å². The molecule has 0 unspecified atom stereocenters. The van der Waals surface area contributed by atoms with E-state index in [1.807, 2.05) is 12.3 Å². The first-order valence-electron chi connectivity index (χ1n) is 8.62. The van der Waals surface area contributed by atoms with Crippen molar-refractivity contribution in [1.29, 1.82) is 0 Å². The number of fused-ring (bicyclic) bond motifs is 1. The van der Waals surface area contributed by atoms with Gasteiger partial charge in [-0.25, -0.2) is 0 Å². The fourth-order valence-electron chi connectivity index (χ4n) is 3.86. The van der Waals surface area contributed by atoms with Crippen LogP contribution in [0.15, 0.2) is 24.5 Å². The summed E-state index contributed by atoms with van der Waals surface area (Å²) >= 11 is 0. The summed E-state index contributed by atoms with van der Waals surface area (Å²) in [4.78, 5) is 6.65. The van der Waals surface area contributed by atoms with E-state index in [4.69, 9.17) is 14.2 Å². The molecule has 0 amide bonds. The van der Waals surface area contributed by atoms with Crippen molar-refractivity contribution in [3.8, 4) is 0 Å². The second kappa shape index (κ2) is 8.20. The minimum absolute atomic E-state index is 0.131. The van der Waals surface area contributed by atoms with Gasteiger partial charge in [-0.1, -0.05) is 6.07 Å². The van der Waals surface area contributed by atoms with E-state index in [9.17, 15) is 0 Å². The Morgan fingerprint density at radius 3 is 3.26 bits per heavy atom. The molecule has 5 heteroatoms. The molecule has 0 radical (unpaired) electrons. The molecular weight excluding hydrogens is 292 g/mol. The number of aromatic nitrogens is 1. The first-order valence-corrected chi connectivity index (χ1v) is 8.62. The minimum atomic E-state index is 0.131. The third-order valence-corrected chi connectivity index (χ3v) is 5.06. The lowest BCUT2D eigenvalue weighted by atomic mass is 9.73. The van der Waals surface area contributed by atoms with E-state index in [-0.39, 0.29) is 5.41 Å². The van der Waals surface area contributed by atoms with Crippen molar-refractivity contribution in [2.24, 2.45) is 5.41 Å². The van der Waals surface area contributed by atoms with E-state index in [0.717, 1.165) is 57.9 Å². The molecule has 0 saturated carbocycles. The van der Waals surface area contributed by atoms with Crippen LogP contribution in [0.4, 0.5) is 0 Å². The Kier molecular flexibility index (Phi) is 6.00. The van der Waals surface area contributed by atoms with Crippen molar-refractivity contribution in [2.75, 3.05) is 46.6 Å². The maximum Gasteiger partial charge on any atom is 0.0732 e. The number of pyridine rings is 1. The summed E-state index contributed by atoms with van der Waals surface area (Å²) in [6, 6.07) is 4.02. The van der Waals surface area contributed by atoms with Gasteiger partial charge in [0.15, 0.2) is 0 Å². The summed E-state index contributed by atoms with van der Waals surface area (Å²) in [6.45, 7) is 6.21. The van der Waals surface area contributed by atoms with Gasteiger partial charge in [-0.3, -0.25) is 4.98 Å². The molecular formula is C18H28N2O3. The average Bonchev–Trinajstić information content (AvgIpc) is 2.60. The van der Waals surface area contributed by atoms with Crippen LogP contribution < -0.4 is 0 Å². The Morgan fingerprint density at radius 2 is 2.43 bits per heavy atom. The molecule has 2 atom stereocenters. The lowest BCUT2D eigenvalue weighted by Gasteiger charge is -2.50. The molecule has 2 aliphatic rings. The molecule has 2 saturated heterocycles. The molecule has 1 aromatic heterocycles. The molecule has 23 heavy (non-hydrogen) atoms. The Morgan fingerprint density at radius 1 is 1.48 bits per heavy atom. The first kappa shape index (κ1) is 16.8. The Hall–Kier alpha value is -1.01. The second-order valence-electron chi connectivity index (χ2n) is 6.74. The van der Waals surface area contributed by atoms with Crippen molar-refractivity contribution < 1.29 is 14.2 Å². The smallest absolute Gasteiger partial charge is 0.0732 e. The van der Waals surface area contributed by atoms with Gasteiger partial charge < -0.3 is 19.1 Å². The minimum Gasteiger partial charge on any atom is -0.383 e.